The van der Waals surface area contributed by atoms with Gasteiger partial charge in [0, 0.05) is 5.56 Å². The van der Waals surface area contributed by atoms with Crippen LogP contribution in [0, 0.1) is 5.82 Å². The highest BCUT2D eigenvalue weighted by Crippen LogP contribution is 2.30. The van der Waals surface area contributed by atoms with Crippen molar-refractivity contribution in [3.63, 3.8) is 0 Å². The van der Waals surface area contributed by atoms with Crippen LogP contribution in [0.5, 0.6) is 11.5 Å². The number of carbonyl (C=O) groups excluding carboxylic acids is 1. The summed E-state index contributed by atoms with van der Waals surface area (Å²) in [5.74, 6) is -0.263. The van der Waals surface area contributed by atoms with Gasteiger partial charge in [0.05, 0.1) is 30.8 Å². The predicted molar refractivity (Wildman–Crippen MR) is 123 cm³/mol. The molecule has 33 heavy (non-hydrogen) atoms. The van der Waals surface area contributed by atoms with Gasteiger partial charge in [-0.2, -0.15) is 0 Å². The van der Waals surface area contributed by atoms with E-state index in [0.29, 0.717) is 17.1 Å². The zero-order chi connectivity index (χ0) is 24.0. The molecule has 0 aliphatic heterocycles. The second kappa shape index (κ2) is 10.4. The summed E-state index contributed by atoms with van der Waals surface area (Å²) in [5, 5.41) is 2.76. The number of halogens is 1. The van der Waals surface area contributed by atoms with Gasteiger partial charge in [-0.15, -0.1) is 0 Å². The zero-order valence-electron chi connectivity index (χ0n) is 18.5. The SMILES string of the molecule is COc1ccc(OC)c([C@H](C)NC(=O)CN(c2ccccc2F)S(=O)(=O)c2ccccc2)c1. The fraction of sp³-hybridized carbons (Fsp3) is 0.208. The van der Waals surface area contributed by atoms with Gasteiger partial charge in [-0.25, -0.2) is 12.8 Å². The van der Waals surface area contributed by atoms with Gasteiger partial charge in [-0.1, -0.05) is 30.3 Å². The third-order valence-electron chi connectivity index (χ3n) is 5.02. The molecule has 0 saturated heterocycles. The van der Waals surface area contributed by atoms with Crippen LogP contribution in [0.2, 0.25) is 0 Å². The molecule has 3 aromatic rings. The van der Waals surface area contributed by atoms with E-state index in [1.807, 2.05) is 0 Å². The van der Waals surface area contributed by atoms with Crippen LogP contribution in [0.25, 0.3) is 0 Å². The molecule has 7 nitrogen and oxygen atoms in total. The predicted octanol–water partition coefficient (Wildman–Crippen LogP) is 3.92. The summed E-state index contributed by atoms with van der Waals surface area (Å²) in [5.41, 5.74) is 0.427. The Balaban J connectivity index is 1.91. The molecule has 0 heterocycles. The molecular formula is C24H25FN2O5S. The molecule has 0 saturated carbocycles. The monoisotopic (exact) mass is 472 g/mol. The first-order chi connectivity index (χ1) is 15.8. The number of nitrogens with one attached hydrogen (secondary N) is 1. The van der Waals surface area contributed by atoms with Gasteiger partial charge in [0.2, 0.25) is 5.91 Å². The van der Waals surface area contributed by atoms with Gasteiger partial charge in [0.1, 0.15) is 23.9 Å². The van der Waals surface area contributed by atoms with E-state index in [4.69, 9.17) is 9.47 Å². The second-order valence-corrected chi connectivity index (χ2v) is 9.04. The average molecular weight is 473 g/mol. The number of nitrogens with zero attached hydrogens (tertiary/aromatic N) is 1. The molecule has 1 atom stereocenters. The molecule has 0 bridgehead atoms. The standard InChI is InChI=1S/C24H25FN2O5S/c1-17(20-15-18(31-2)13-14-23(20)32-3)26-24(28)16-27(22-12-8-7-11-21(22)25)33(29,30)19-9-5-4-6-10-19/h4-15,17H,16H2,1-3H3,(H,26,28)/t17-/m0/s1. The van der Waals surface area contributed by atoms with E-state index < -0.39 is 34.3 Å². The number of amides is 1. The van der Waals surface area contributed by atoms with Crippen LogP contribution in [0.3, 0.4) is 0 Å². The molecule has 9 heteroatoms. The van der Waals surface area contributed by atoms with Crippen molar-refractivity contribution in [2.45, 2.75) is 17.9 Å². The summed E-state index contributed by atoms with van der Waals surface area (Å²) in [7, 11) is -1.18. The number of rotatable bonds is 9. The molecule has 0 aliphatic carbocycles. The van der Waals surface area contributed by atoms with Crippen LogP contribution in [-0.2, 0) is 14.8 Å². The maximum atomic E-state index is 14.6. The molecule has 0 aromatic heterocycles. The molecule has 0 radical (unpaired) electrons. The van der Waals surface area contributed by atoms with E-state index in [1.54, 1.807) is 43.3 Å². The minimum Gasteiger partial charge on any atom is -0.497 e. The number of methoxy groups -OCH3 is 2. The lowest BCUT2D eigenvalue weighted by Gasteiger charge is -2.25. The highest BCUT2D eigenvalue weighted by molar-refractivity contribution is 7.92. The summed E-state index contributed by atoms with van der Waals surface area (Å²) in [6, 6.07) is 17.6. The molecule has 3 rings (SSSR count). The quantitative estimate of drug-likeness (QED) is 0.510. The van der Waals surface area contributed by atoms with Crippen molar-refractivity contribution in [1.29, 1.82) is 0 Å². The minimum absolute atomic E-state index is 0.0523. The number of hydrogen-bond donors (Lipinski definition) is 1. The molecule has 0 spiro atoms. The van der Waals surface area contributed by atoms with Gasteiger partial charge in [0.15, 0.2) is 0 Å². The van der Waals surface area contributed by atoms with Crippen molar-refractivity contribution < 1.29 is 27.1 Å². The Kier molecular flexibility index (Phi) is 7.55. The molecule has 0 unspecified atom stereocenters. The van der Waals surface area contributed by atoms with Gasteiger partial charge in [-0.05, 0) is 49.4 Å². The molecular weight excluding hydrogens is 447 g/mol. The largest absolute Gasteiger partial charge is 0.497 e. The minimum atomic E-state index is -4.21. The van der Waals surface area contributed by atoms with E-state index in [9.17, 15) is 17.6 Å². The van der Waals surface area contributed by atoms with Crippen molar-refractivity contribution in [2.75, 3.05) is 25.1 Å². The zero-order valence-corrected chi connectivity index (χ0v) is 19.3. The molecule has 3 aromatic carbocycles. The molecule has 0 aliphatic rings. The van der Waals surface area contributed by atoms with Gasteiger partial charge >= 0.3 is 0 Å². The third-order valence-corrected chi connectivity index (χ3v) is 6.79. The second-order valence-electron chi connectivity index (χ2n) is 7.17. The first-order valence-corrected chi connectivity index (χ1v) is 11.6. The summed E-state index contributed by atoms with van der Waals surface area (Å²) >= 11 is 0. The van der Waals surface area contributed by atoms with Crippen molar-refractivity contribution in [3.8, 4) is 11.5 Å². The normalized spacial score (nSPS) is 12.0. The summed E-state index contributed by atoms with van der Waals surface area (Å²) in [6.45, 7) is 1.11. The molecule has 1 amide bonds. The van der Waals surface area contributed by atoms with Crippen LogP contribution in [0.4, 0.5) is 10.1 Å². The lowest BCUT2D eigenvalue weighted by Crippen LogP contribution is -2.42. The lowest BCUT2D eigenvalue weighted by molar-refractivity contribution is -0.120. The topological polar surface area (TPSA) is 84.9 Å². The van der Waals surface area contributed by atoms with Gasteiger partial charge < -0.3 is 14.8 Å². The summed E-state index contributed by atoms with van der Waals surface area (Å²) in [4.78, 5) is 12.9. The fourth-order valence-electron chi connectivity index (χ4n) is 3.35. The maximum absolute atomic E-state index is 14.6. The van der Waals surface area contributed by atoms with Crippen LogP contribution >= 0.6 is 0 Å². The van der Waals surface area contributed by atoms with E-state index in [2.05, 4.69) is 5.32 Å². The maximum Gasteiger partial charge on any atom is 0.264 e. The first kappa shape index (κ1) is 24.1. The van der Waals surface area contributed by atoms with Crippen molar-refractivity contribution >= 4 is 21.6 Å². The Morgan fingerprint density at radius 1 is 1.00 bits per heavy atom. The average Bonchev–Trinajstić information content (AvgIpc) is 2.83. The number of carbonyl (C=O) groups is 1. The Hall–Kier alpha value is -3.59. The highest BCUT2D eigenvalue weighted by Gasteiger charge is 2.29. The lowest BCUT2D eigenvalue weighted by atomic mass is 10.1. The number of para-hydroxylation sites is 1. The Bertz CT molecular complexity index is 1220. The Labute approximate surface area is 192 Å². The van der Waals surface area contributed by atoms with E-state index in [0.717, 1.165) is 10.4 Å². The van der Waals surface area contributed by atoms with Crippen molar-refractivity contribution in [3.05, 3.63) is 84.2 Å². The van der Waals surface area contributed by atoms with E-state index >= 15 is 0 Å². The number of hydrogen-bond acceptors (Lipinski definition) is 5. The number of ether oxygens (including phenoxy) is 2. The van der Waals surface area contributed by atoms with E-state index in [-0.39, 0.29) is 10.6 Å². The fourth-order valence-corrected chi connectivity index (χ4v) is 4.80. The van der Waals surface area contributed by atoms with Crippen LogP contribution < -0.4 is 19.1 Å². The van der Waals surface area contributed by atoms with Crippen molar-refractivity contribution in [2.24, 2.45) is 0 Å². The highest BCUT2D eigenvalue weighted by atomic mass is 32.2. The smallest absolute Gasteiger partial charge is 0.264 e. The molecule has 1 N–H and O–H groups in total. The van der Waals surface area contributed by atoms with Crippen LogP contribution in [0.1, 0.15) is 18.5 Å². The Morgan fingerprint density at radius 2 is 1.67 bits per heavy atom. The van der Waals surface area contributed by atoms with Gasteiger partial charge in [0.25, 0.3) is 10.0 Å². The number of benzene rings is 3. The molecule has 0 fully saturated rings. The third kappa shape index (κ3) is 5.43. The molecule has 174 valence electrons. The van der Waals surface area contributed by atoms with Gasteiger partial charge in [-0.3, -0.25) is 9.10 Å². The van der Waals surface area contributed by atoms with Crippen LogP contribution in [-0.4, -0.2) is 35.1 Å². The summed E-state index contributed by atoms with van der Waals surface area (Å²) < 4.78 is 52.6. The van der Waals surface area contributed by atoms with Crippen molar-refractivity contribution in [1.82, 2.24) is 5.32 Å². The first-order valence-electron chi connectivity index (χ1n) is 10.1. The van der Waals surface area contributed by atoms with Crippen LogP contribution in [0.15, 0.2) is 77.7 Å². The number of anilines is 1. The Morgan fingerprint density at radius 3 is 2.30 bits per heavy atom. The number of sulfonamides is 1. The van der Waals surface area contributed by atoms with E-state index in [1.165, 1.54) is 44.6 Å². The summed E-state index contributed by atoms with van der Waals surface area (Å²) in [6.07, 6.45) is 0.